The molecule has 0 radical (unpaired) electrons. The van der Waals surface area contributed by atoms with Crippen molar-refractivity contribution < 1.29 is 0 Å². The van der Waals surface area contributed by atoms with E-state index in [1.807, 2.05) is 24.3 Å². The molecule has 0 amide bonds. The number of nitrogens with one attached hydrogen (secondary N) is 1. The van der Waals surface area contributed by atoms with Crippen LogP contribution in [-0.2, 0) is 6.42 Å². The molecule has 14 heavy (non-hydrogen) atoms. The molecule has 0 aliphatic carbocycles. The van der Waals surface area contributed by atoms with Gasteiger partial charge in [-0.1, -0.05) is 41.6 Å². The first-order chi connectivity index (χ1) is 6.20. The minimum absolute atomic E-state index is 0. The summed E-state index contributed by atoms with van der Waals surface area (Å²) in [5.74, 6) is 0.805. The highest BCUT2D eigenvalue weighted by molar-refractivity contribution is 8.93. The van der Waals surface area contributed by atoms with Crippen LogP contribution in [0.3, 0.4) is 0 Å². The van der Waals surface area contributed by atoms with Crippen LogP contribution in [0.5, 0.6) is 0 Å². The molecule has 2 nitrogen and oxygen atoms in total. The number of amidine groups is 1. The van der Waals surface area contributed by atoms with Gasteiger partial charge >= 0.3 is 0 Å². The maximum absolute atomic E-state index is 7.02. The van der Waals surface area contributed by atoms with Crippen LogP contribution in [0.2, 0.25) is 5.02 Å². The largest absolute Gasteiger partial charge is 0.379 e. The second-order valence-corrected chi connectivity index (χ2v) is 4.10. The van der Waals surface area contributed by atoms with Gasteiger partial charge in [-0.15, -0.1) is 17.0 Å². The number of rotatable bonds is 3. The Kier molecular flexibility index (Phi) is 7.05. The van der Waals surface area contributed by atoms with Crippen molar-refractivity contribution in [3.63, 3.8) is 0 Å². The van der Waals surface area contributed by atoms with E-state index in [0.717, 1.165) is 22.8 Å². The lowest BCUT2D eigenvalue weighted by molar-refractivity contribution is 1.16. The molecule has 0 aliphatic heterocycles. The van der Waals surface area contributed by atoms with Gasteiger partial charge in [0.05, 0.1) is 0 Å². The van der Waals surface area contributed by atoms with Crippen molar-refractivity contribution in [3.8, 4) is 0 Å². The molecule has 1 aromatic carbocycles. The van der Waals surface area contributed by atoms with E-state index < -0.39 is 0 Å². The van der Waals surface area contributed by atoms with Crippen molar-refractivity contribution in [2.75, 3.05) is 5.75 Å². The minimum Gasteiger partial charge on any atom is -0.379 e. The highest BCUT2D eigenvalue weighted by atomic mass is 79.9. The monoisotopic (exact) mass is 294 g/mol. The molecule has 5 heteroatoms. The van der Waals surface area contributed by atoms with Crippen LogP contribution in [0, 0.1) is 5.41 Å². The fraction of sp³-hybridized carbons (Fsp3) is 0.222. The normalized spacial score (nSPS) is 9.21. The molecule has 78 valence electrons. The molecule has 0 heterocycles. The van der Waals surface area contributed by atoms with Crippen LogP contribution in [0.1, 0.15) is 5.56 Å². The van der Waals surface area contributed by atoms with Crippen molar-refractivity contribution in [1.29, 1.82) is 5.41 Å². The smallest absolute Gasteiger partial charge is 0.151 e. The first-order valence-electron chi connectivity index (χ1n) is 3.90. The Labute approximate surface area is 103 Å². The Balaban J connectivity index is 0.00000169. The lowest BCUT2D eigenvalue weighted by Crippen LogP contribution is -2.05. The fourth-order valence-corrected chi connectivity index (χ4v) is 1.74. The average Bonchev–Trinajstić information content (AvgIpc) is 2.08. The summed E-state index contributed by atoms with van der Waals surface area (Å²) in [6, 6.07) is 7.72. The van der Waals surface area contributed by atoms with Gasteiger partial charge in [-0.25, -0.2) is 0 Å². The quantitative estimate of drug-likeness (QED) is 0.665. The molecular weight excluding hydrogens is 284 g/mol. The predicted octanol–water partition coefficient (Wildman–Crippen LogP) is 3.09. The molecule has 0 spiro atoms. The third-order valence-corrected chi connectivity index (χ3v) is 2.67. The van der Waals surface area contributed by atoms with E-state index in [2.05, 4.69) is 0 Å². The molecule has 0 bridgehead atoms. The maximum Gasteiger partial charge on any atom is 0.151 e. The summed E-state index contributed by atoms with van der Waals surface area (Å²) in [5.41, 5.74) is 6.32. The molecule has 0 fully saturated rings. The SMILES string of the molecule is Br.N=C(N)SCCc1ccccc1Cl. The number of benzene rings is 1. The van der Waals surface area contributed by atoms with Crippen molar-refractivity contribution in [3.05, 3.63) is 34.9 Å². The van der Waals surface area contributed by atoms with Crippen LogP contribution < -0.4 is 5.73 Å². The Hall–Kier alpha value is -0.190. The summed E-state index contributed by atoms with van der Waals surface area (Å²) in [4.78, 5) is 0. The van der Waals surface area contributed by atoms with Crippen LogP contribution in [0.25, 0.3) is 0 Å². The lowest BCUT2D eigenvalue weighted by Gasteiger charge is -2.02. The van der Waals surface area contributed by atoms with Crippen LogP contribution in [0.4, 0.5) is 0 Å². The first-order valence-corrected chi connectivity index (χ1v) is 5.26. The fourth-order valence-electron chi connectivity index (χ4n) is 0.972. The van der Waals surface area contributed by atoms with E-state index in [4.69, 9.17) is 22.7 Å². The summed E-state index contributed by atoms with van der Waals surface area (Å²) in [6.07, 6.45) is 0.851. The zero-order valence-electron chi connectivity index (χ0n) is 7.50. The molecule has 0 unspecified atom stereocenters. The highest BCUT2D eigenvalue weighted by Gasteiger charge is 1.98. The van der Waals surface area contributed by atoms with Crippen molar-refractivity contribution in [1.82, 2.24) is 0 Å². The zero-order valence-corrected chi connectivity index (χ0v) is 10.8. The second-order valence-electron chi connectivity index (χ2n) is 2.55. The van der Waals surface area contributed by atoms with E-state index in [1.54, 1.807) is 0 Å². The summed E-state index contributed by atoms with van der Waals surface area (Å²) in [7, 11) is 0. The highest BCUT2D eigenvalue weighted by Crippen LogP contribution is 2.16. The van der Waals surface area contributed by atoms with Gasteiger partial charge in [0.15, 0.2) is 5.17 Å². The molecule has 0 aliphatic rings. The number of thioether (sulfide) groups is 1. The molecule has 0 atom stereocenters. The topological polar surface area (TPSA) is 49.9 Å². The number of hydrogen-bond donors (Lipinski definition) is 2. The summed E-state index contributed by atoms with van der Waals surface area (Å²) >= 11 is 7.28. The zero-order chi connectivity index (χ0) is 9.68. The van der Waals surface area contributed by atoms with Crippen LogP contribution in [0.15, 0.2) is 24.3 Å². The van der Waals surface area contributed by atoms with E-state index in [9.17, 15) is 0 Å². The Morgan fingerprint density at radius 2 is 2.07 bits per heavy atom. The van der Waals surface area contributed by atoms with Crippen LogP contribution in [-0.4, -0.2) is 10.9 Å². The number of nitrogens with two attached hydrogens (primary N) is 1. The predicted molar refractivity (Wildman–Crippen MR) is 69.9 cm³/mol. The molecule has 0 aromatic heterocycles. The number of aryl methyl sites for hydroxylation is 1. The lowest BCUT2D eigenvalue weighted by atomic mass is 10.2. The van der Waals surface area contributed by atoms with E-state index in [1.165, 1.54) is 11.8 Å². The summed E-state index contributed by atoms with van der Waals surface area (Å²) in [5, 5.41) is 7.96. The third kappa shape index (κ3) is 4.88. The number of halogens is 2. The van der Waals surface area contributed by atoms with Gasteiger partial charge in [0.2, 0.25) is 0 Å². The molecule has 1 aromatic rings. The van der Waals surface area contributed by atoms with Gasteiger partial charge in [-0.05, 0) is 18.1 Å². The Morgan fingerprint density at radius 1 is 1.43 bits per heavy atom. The van der Waals surface area contributed by atoms with Gasteiger partial charge in [0.25, 0.3) is 0 Å². The standard InChI is InChI=1S/C9H11ClN2S.BrH/c10-8-4-2-1-3-7(8)5-6-13-9(11)12;/h1-4H,5-6H2,(H3,11,12);1H. The summed E-state index contributed by atoms with van der Waals surface area (Å²) in [6.45, 7) is 0. The van der Waals surface area contributed by atoms with Crippen LogP contribution >= 0.6 is 40.3 Å². The maximum atomic E-state index is 7.02. The molecule has 0 saturated heterocycles. The third-order valence-electron chi connectivity index (χ3n) is 1.59. The van der Waals surface area contributed by atoms with Gasteiger partial charge in [0, 0.05) is 10.8 Å². The second kappa shape index (κ2) is 7.15. The first kappa shape index (κ1) is 13.8. The Bertz CT molecular complexity index is 307. The van der Waals surface area contributed by atoms with Gasteiger partial charge in [0.1, 0.15) is 0 Å². The van der Waals surface area contributed by atoms with E-state index >= 15 is 0 Å². The molecular formula is C9H12BrClN2S. The Morgan fingerprint density at radius 3 is 2.64 bits per heavy atom. The van der Waals surface area contributed by atoms with Gasteiger partial charge < -0.3 is 5.73 Å². The van der Waals surface area contributed by atoms with Crippen molar-refractivity contribution in [2.24, 2.45) is 5.73 Å². The van der Waals surface area contributed by atoms with Gasteiger partial charge in [-0.3, -0.25) is 5.41 Å². The van der Waals surface area contributed by atoms with Gasteiger partial charge in [-0.2, -0.15) is 0 Å². The van der Waals surface area contributed by atoms with E-state index in [0.29, 0.717) is 0 Å². The summed E-state index contributed by atoms with van der Waals surface area (Å²) < 4.78 is 0. The van der Waals surface area contributed by atoms with Crippen molar-refractivity contribution >= 4 is 45.5 Å². The minimum atomic E-state index is 0. The van der Waals surface area contributed by atoms with Crippen molar-refractivity contribution in [2.45, 2.75) is 6.42 Å². The number of hydrogen-bond acceptors (Lipinski definition) is 2. The molecule has 3 N–H and O–H groups in total. The molecule has 1 rings (SSSR count). The molecule has 0 saturated carbocycles. The average molecular weight is 296 g/mol. The van der Waals surface area contributed by atoms with E-state index in [-0.39, 0.29) is 22.1 Å².